The lowest BCUT2D eigenvalue weighted by Crippen LogP contribution is -2.11. The fourth-order valence-corrected chi connectivity index (χ4v) is 3.85. The fraction of sp³-hybridized carbons (Fsp3) is 0.478. The lowest BCUT2D eigenvalue weighted by atomic mass is 10.0. The number of carbonyl (C=O) groups is 1. The van der Waals surface area contributed by atoms with Crippen molar-refractivity contribution in [2.75, 3.05) is 19.7 Å². The molecule has 0 spiro atoms. The molecule has 2 N–H and O–H groups in total. The molecule has 1 aliphatic heterocycles. The summed E-state index contributed by atoms with van der Waals surface area (Å²) < 4.78 is 40.8. The lowest BCUT2D eigenvalue weighted by molar-refractivity contribution is -0.377. The summed E-state index contributed by atoms with van der Waals surface area (Å²) in [4.78, 5) is 13.8. The van der Waals surface area contributed by atoms with Crippen LogP contribution in [0, 0.1) is 5.92 Å². The molecular weight excluding hydrogens is 477 g/mol. The third kappa shape index (κ3) is 8.28. The van der Waals surface area contributed by atoms with E-state index in [-0.39, 0.29) is 17.9 Å². The normalized spacial score (nSPS) is 16.0. The van der Waals surface area contributed by atoms with Crippen molar-refractivity contribution in [3.05, 3.63) is 51.8 Å². The highest BCUT2D eigenvalue weighted by Gasteiger charge is 2.25. The Morgan fingerprint density at radius 3 is 2.36 bits per heavy atom. The van der Waals surface area contributed by atoms with Gasteiger partial charge >= 0.3 is 6.61 Å². The monoisotopic (exact) mass is 503 g/mol. The second-order valence-corrected chi connectivity index (χ2v) is 8.67. The quantitative estimate of drug-likeness (QED) is 0.460. The molecule has 180 valence electrons. The van der Waals surface area contributed by atoms with Crippen LogP contribution >= 0.6 is 23.2 Å². The number of ether oxygens (including phenoxy) is 3. The zero-order valence-corrected chi connectivity index (χ0v) is 19.5. The summed E-state index contributed by atoms with van der Waals surface area (Å²) in [6, 6.07) is 4.44. The summed E-state index contributed by atoms with van der Waals surface area (Å²) in [6.45, 7) is 0.249. The summed E-state index contributed by atoms with van der Waals surface area (Å²) in [5.74, 6) is 0.515. The molecule has 1 atom stereocenters. The predicted octanol–water partition coefficient (Wildman–Crippen LogP) is 5.02. The molecule has 1 unspecified atom stereocenters. The fourth-order valence-electron chi connectivity index (χ4n) is 3.32. The van der Waals surface area contributed by atoms with Crippen molar-refractivity contribution in [1.29, 1.82) is 0 Å². The zero-order chi connectivity index (χ0) is 23.6. The molecule has 6 nitrogen and oxygen atoms in total. The first-order valence-corrected chi connectivity index (χ1v) is 11.6. The molecule has 0 amide bonds. The van der Waals surface area contributed by atoms with Gasteiger partial charge < -0.3 is 19.5 Å². The third-order valence-corrected chi connectivity index (χ3v) is 5.96. The molecule has 10 heteroatoms. The van der Waals surface area contributed by atoms with Crippen LogP contribution in [-0.4, -0.2) is 32.8 Å². The number of hydrogen-bond donors (Lipinski definition) is 1. The van der Waals surface area contributed by atoms with Crippen LogP contribution in [0.1, 0.15) is 42.9 Å². The number of rotatable bonds is 10. The average molecular weight is 504 g/mol. The van der Waals surface area contributed by atoms with Crippen molar-refractivity contribution in [2.45, 2.75) is 44.8 Å². The number of benzene rings is 1. The van der Waals surface area contributed by atoms with E-state index in [4.69, 9.17) is 32.7 Å². The molecule has 1 saturated carbocycles. The summed E-state index contributed by atoms with van der Waals surface area (Å²) in [5.41, 5.74) is 1.13. The van der Waals surface area contributed by atoms with Gasteiger partial charge in [0.1, 0.15) is 16.1 Å². The molecule has 0 bridgehead atoms. The van der Waals surface area contributed by atoms with Crippen molar-refractivity contribution in [2.24, 2.45) is 5.92 Å². The van der Waals surface area contributed by atoms with E-state index in [9.17, 15) is 13.6 Å². The Morgan fingerprint density at radius 2 is 1.82 bits per heavy atom. The van der Waals surface area contributed by atoms with E-state index < -0.39 is 12.7 Å². The second-order valence-electron chi connectivity index (χ2n) is 7.85. The Morgan fingerprint density at radius 1 is 1.12 bits per heavy atom. The molecule has 0 radical (unpaired) electrons. The van der Waals surface area contributed by atoms with Gasteiger partial charge in [-0.2, -0.15) is 8.78 Å². The molecule has 1 aromatic heterocycles. The number of halogens is 4. The highest BCUT2D eigenvalue weighted by Crippen LogP contribution is 2.37. The van der Waals surface area contributed by atoms with Crippen molar-refractivity contribution in [3.8, 4) is 11.5 Å². The standard InChI is InChI=1S/C19H17Cl2F2NO4.C4H9N/c20-14-7-24-8-15(21)13(14)6-17(27-10-25)12-3-4-16(28-19(22)23)18(5-12)26-9-11-1-2-11;1-2-4-5-3-1/h3-5,7-8,10-11,17,19H,1-2,6,9H2;5H,1-4H2/p+1. The molecule has 2 aliphatic rings. The number of nitrogens with one attached hydrogen (secondary N) is 2. The summed E-state index contributed by atoms with van der Waals surface area (Å²) in [6.07, 6.45) is 7.45. The first-order chi connectivity index (χ1) is 16.0. The van der Waals surface area contributed by atoms with Crippen molar-refractivity contribution >= 4 is 29.7 Å². The van der Waals surface area contributed by atoms with E-state index >= 15 is 0 Å². The number of hydrogen-bond acceptors (Lipinski definition) is 5. The number of H-pyrrole nitrogens is 1. The topological polar surface area (TPSA) is 70.9 Å². The maximum atomic E-state index is 12.7. The van der Waals surface area contributed by atoms with Crippen LogP contribution < -0.4 is 19.8 Å². The number of aromatic nitrogens is 1. The van der Waals surface area contributed by atoms with E-state index in [1.807, 2.05) is 0 Å². The van der Waals surface area contributed by atoms with Crippen molar-refractivity contribution in [3.63, 3.8) is 0 Å². The Hall–Kier alpha value is -2.16. The smallest absolute Gasteiger partial charge is 0.387 e. The first-order valence-electron chi connectivity index (χ1n) is 10.8. The van der Waals surface area contributed by atoms with Gasteiger partial charge in [0, 0.05) is 12.0 Å². The molecular formula is C23H27Cl2F2N2O4+. The molecule has 1 saturated heterocycles. The molecule has 2 aromatic rings. The highest BCUT2D eigenvalue weighted by molar-refractivity contribution is 6.35. The molecule has 1 aliphatic carbocycles. The number of aromatic amines is 1. The Kier molecular flexibility index (Phi) is 9.96. The van der Waals surface area contributed by atoms with Gasteiger partial charge in [0.2, 0.25) is 0 Å². The minimum atomic E-state index is -2.98. The molecule has 4 rings (SSSR count). The largest absolute Gasteiger partial charge is 0.489 e. The summed E-state index contributed by atoms with van der Waals surface area (Å²) >= 11 is 12.4. The Labute approximate surface area is 201 Å². The average Bonchev–Trinajstić information content (AvgIpc) is 3.41. The SMILES string of the molecule is C1CCNC1.O=COC(Cc1c(Cl)c[nH+]cc1Cl)c1ccc(OC(F)F)c(OCC2CC2)c1. The van der Waals surface area contributed by atoms with E-state index in [0.29, 0.717) is 40.2 Å². The van der Waals surface area contributed by atoms with Crippen molar-refractivity contribution in [1.82, 2.24) is 5.32 Å². The predicted molar refractivity (Wildman–Crippen MR) is 120 cm³/mol. The van der Waals surface area contributed by atoms with Gasteiger partial charge in [-0.25, -0.2) is 4.98 Å². The molecule has 2 fully saturated rings. The van der Waals surface area contributed by atoms with Gasteiger partial charge in [-0.3, -0.25) is 4.79 Å². The van der Waals surface area contributed by atoms with Crippen LogP contribution in [0.15, 0.2) is 30.6 Å². The first kappa shape index (κ1) is 25.5. The Bertz CT molecular complexity index is 884. The maximum absolute atomic E-state index is 12.7. The number of pyridine rings is 1. The van der Waals surface area contributed by atoms with Crippen LogP contribution in [0.5, 0.6) is 11.5 Å². The number of alkyl halides is 2. The van der Waals surface area contributed by atoms with Gasteiger partial charge in [0.25, 0.3) is 6.47 Å². The van der Waals surface area contributed by atoms with Gasteiger partial charge in [-0.15, -0.1) is 0 Å². The minimum absolute atomic E-state index is 0.0744. The van der Waals surface area contributed by atoms with Crippen LogP contribution in [-0.2, 0) is 16.0 Å². The van der Waals surface area contributed by atoms with E-state index in [1.54, 1.807) is 12.4 Å². The molecule has 33 heavy (non-hydrogen) atoms. The van der Waals surface area contributed by atoms with Crippen LogP contribution in [0.2, 0.25) is 10.0 Å². The van der Waals surface area contributed by atoms with Crippen molar-refractivity contribution < 1.29 is 32.8 Å². The molecule has 1 aromatic carbocycles. The van der Waals surface area contributed by atoms with Crippen LogP contribution in [0.25, 0.3) is 0 Å². The van der Waals surface area contributed by atoms with Crippen LogP contribution in [0.3, 0.4) is 0 Å². The highest BCUT2D eigenvalue weighted by atomic mass is 35.5. The van der Waals surface area contributed by atoms with Gasteiger partial charge in [0.15, 0.2) is 23.9 Å². The van der Waals surface area contributed by atoms with Gasteiger partial charge in [-0.1, -0.05) is 29.3 Å². The number of carbonyl (C=O) groups excluding carboxylic acids is 1. The third-order valence-electron chi connectivity index (χ3n) is 5.29. The Balaban J connectivity index is 0.000000541. The lowest BCUT2D eigenvalue weighted by Gasteiger charge is -2.19. The summed E-state index contributed by atoms with van der Waals surface area (Å²) in [5, 5.41) is 3.99. The summed E-state index contributed by atoms with van der Waals surface area (Å²) in [7, 11) is 0. The second kappa shape index (κ2) is 12.9. The van der Waals surface area contributed by atoms with E-state index in [1.165, 1.54) is 44.1 Å². The van der Waals surface area contributed by atoms with Gasteiger partial charge in [-0.05, 0) is 62.4 Å². The minimum Gasteiger partial charge on any atom is -0.489 e. The van der Waals surface area contributed by atoms with Gasteiger partial charge in [0.05, 0.1) is 6.61 Å². The van der Waals surface area contributed by atoms with E-state index in [0.717, 1.165) is 12.8 Å². The molecule has 2 heterocycles. The van der Waals surface area contributed by atoms with E-state index in [2.05, 4.69) is 15.0 Å². The van der Waals surface area contributed by atoms with Crippen LogP contribution in [0.4, 0.5) is 8.78 Å². The maximum Gasteiger partial charge on any atom is 0.387 e. The zero-order valence-electron chi connectivity index (χ0n) is 18.0.